The topological polar surface area (TPSA) is 72.4 Å². The lowest BCUT2D eigenvalue weighted by atomic mass is 10.1. The number of anilines is 2. The minimum absolute atomic E-state index is 0.0153. The van der Waals surface area contributed by atoms with Crippen LogP contribution in [0.15, 0.2) is 24.3 Å². The fourth-order valence-corrected chi connectivity index (χ4v) is 1.96. The zero-order chi connectivity index (χ0) is 16.4. The van der Waals surface area contributed by atoms with Crippen molar-refractivity contribution in [1.82, 2.24) is 0 Å². The Bertz CT molecular complexity index is 571. The highest BCUT2D eigenvalue weighted by Crippen LogP contribution is 2.40. The van der Waals surface area contributed by atoms with Gasteiger partial charge in [-0.3, -0.25) is 10.1 Å². The third-order valence-electron chi connectivity index (χ3n) is 2.80. The molecule has 8 heteroatoms. The maximum Gasteiger partial charge on any atom is 0.416 e. The lowest BCUT2D eigenvalue weighted by molar-refractivity contribution is -0.384. The zero-order valence-corrected chi connectivity index (χ0v) is 11.7. The van der Waals surface area contributed by atoms with E-state index >= 15 is 0 Å². The van der Waals surface area contributed by atoms with E-state index in [2.05, 4.69) is 6.58 Å². The molecule has 0 saturated heterocycles. The van der Waals surface area contributed by atoms with Gasteiger partial charge in [0.25, 0.3) is 5.69 Å². The second-order valence-corrected chi connectivity index (χ2v) is 4.66. The van der Waals surface area contributed by atoms with Gasteiger partial charge in [-0.05, 0) is 19.9 Å². The van der Waals surface area contributed by atoms with Crippen molar-refractivity contribution in [2.75, 3.05) is 23.7 Å². The first-order valence-electron chi connectivity index (χ1n) is 6.12. The second kappa shape index (κ2) is 6.02. The average molecular weight is 303 g/mol. The van der Waals surface area contributed by atoms with Gasteiger partial charge in [0.2, 0.25) is 0 Å². The van der Waals surface area contributed by atoms with Crippen LogP contribution in [0.2, 0.25) is 0 Å². The number of nitrogens with two attached hydrogens (primary N) is 1. The number of rotatable bonds is 5. The van der Waals surface area contributed by atoms with Gasteiger partial charge in [-0.25, -0.2) is 0 Å². The molecular weight excluding hydrogens is 287 g/mol. The molecule has 0 aliphatic carbocycles. The normalized spacial score (nSPS) is 11.3. The van der Waals surface area contributed by atoms with Gasteiger partial charge < -0.3 is 10.6 Å². The van der Waals surface area contributed by atoms with Crippen LogP contribution in [0.1, 0.15) is 19.4 Å². The lowest BCUT2D eigenvalue weighted by Crippen LogP contribution is -2.26. The van der Waals surface area contributed by atoms with Crippen molar-refractivity contribution >= 4 is 17.1 Å². The van der Waals surface area contributed by atoms with Crippen molar-refractivity contribution in [1.29, 1.82) is 0 Å². The van der Waals surface area contributed by atoms with E-state index in [0.717, 1.165) is 0 Å². The summed E-state index contributed by atoms with van der Waals surface area (Å²) in [6.07, 6.45) is -4.69. The number of halogens is 3. The number of nitrogens with zero attached hydrogens (tertiary/aromatic N) is 2. The van der Waals surface area contributed by atoms with Crippen LogP contribution in [0, 0.1) is 10.1 Å². The highest BCUT2D eigenvalue weighted by Gasteiger charge is 2.35. The highest BCUT2D eigenvalue weighted by molar-refractivity contribution is 5.79. The zero-order valence-electron chi connectivity index (χ0n) is 11.7. The van der Waals surface area contributed by atoms with Crippen LogP contribution in [0.4, 0.5) is 30.2 Å². The van der Waals surface area contributed by atoms with Crippen molar-refractivity contribution in [2.24, 2.45) is 0 Å². The Morgan fingerprint density at radius 1 is 1.48 bits per heavy atom. The van der Waals surface area contributed by atoms with Gasteiger partial charge in [-0.15, -0.1) is 0 Å². The Kier molecular flexibility index (Phi) is 4.82. The molecule has 1 aromatic carbocycles. The van der Waals surface area contributed by atoms with Crippen molar-refractivity contribution in [2.45, 2.75) is 20.0 Å². The van der Waals surface area contributed by atoms with E-state index in [4.69, 9.17) is 5.73 Å². The van der Waals surface area contributed by atoms with Gasteiger partial charge >= 0.3 is 6.18 Å². The third-order valence-corrected chi connectivity index (χ3v) is 2.80. The van der Waals surface area contributed by atoms with E-state index < -0.39 is 22.4 Å². The summed E-state index contributed by atoms with van der Waals surface area (Å²) in [4.78, 5) is 11.8. The summed E-state index contributed by atoms with van der Waals surface area (Å²) in [6, 6.07) is 1.22. The van der Waals surface area contributed by atoms with E-state index in [1.807, 2.05) is 0 Å². The third kappa shape index (κ3) is 3.87. The monoisotopic (exact) mass is 303 g/mol. The summed E-state index contributed by atoms with van der Waals surface area (Å²) >= 11 is 0. The summed E-state index contributed by atoms with van der Waals surface area (Å²) in [6.45, 7) is 7.76. The minimum Gasteiger partial charge on any atom is -0.397 e. The van der Waals surface area contributed by atoms with Crippen molar-refractivity contribution in [3.8, 4) is 0 Å². The predicted octanol–water partition coefficient (Wildman–Crippen LogP) is 3.60. The highest BCUT2D eigenvalue weighted by atomic mass is 19.4. The van der Waals surface area contributed by atoms with E-state index in [9.17, 15) is 23.3 Å². The van der Waals surface area contributed by atoms with Gasteiger partial charge in [-0.2, -0.15) is 13.2 Å². The number of likely N-dealkylation sites (N-methyl/N-ethyl adjacent to an activating group) is 1. The Balaban J connectivity index is 3.50. The van der Waals surface area contributed by atoms with Crippen LogP contribution in [0.25, 0.3) is 0 Å². The maximum absolute atomic E-state index is 12.7. The van der Waals surface area contributed by atoms with E-state index in [1.165, 1.54) is 4.90 Å². The lowest BCUT2D eigenvalue weighted by Gasteiger charge is -2.25. The van der Waals surface area contributed by atoms with Crippen molar-refractivity contribution < 1.29 is 18.1 Å². The largest absolute Gasteiger partial charge is 0.416 e. The number of alkyl halides is 3. The van der Waals surface area contributed by atoms with Gasteiger partial charge in [0.1, 0.15) is 5.69 Å². The van der Waals surface area contributed by atoms with E-state index in [1.54, 1.807) is 13.8 Å². The molecule has 21 heavy (non-hydrogen) atoms. The van der Waals surface area contributed by atoms with Crippen molar-refractivity contribution in [3.05, 3.63) is 40.0 Å². The molecule has 0 spiro atoms. The number of benzene rings is 1. The molecule has 0 unspecified atom stereocenters. The first kappa shape index (κ1) is 16.8. The molecule has 0 saturated carbocycles. The van der Waals surface area contributed by atoms with Gasteiger partial charge in [0, 0.05) is 19.2 Å². The van der Waals surface area contributed by atoms with Crippen LogP contribution in [0.3, 0.4) is 0 Å². The molecular formula is C13H16F3N3O2. The molecule has 1 rings (SSSR count). The Labute approximate surface area is 120 Å². The molecule has 2 N–H and O–H groups in total. The quantitative estimate of drug-likeness (QED) is 0.390. The van der Waals surface area contributed by atoms with Crippen molar-refractivity contribution in [3.63, 3.8) is 0 Å². The first-order chi connectivity index (χ1) is 9.57. The first-order valence-corrected chi connectivity index (χ1v) is 6.12. The van der Waals surface area contributed by atoms with Crippen LogP contribution in [0.5, 0.6) is 0 Å². The fraction of sp³-hybridized carbons (Fsp3) is 0.385. The van der Waals surface area contributed by atoms with Crippen LogP contribution in [-0.4, -0.2) is 18.0 Å². The Morgan fingerprint density at radius 3 is 2.43 bits per heavy atom. The molecule has 0 aliphatic heterocycles. The maximum atomic E-state index is 12.7. The summed E-state index contributed by atoms with van der Waals surface area (Å²) in [5.74, 6) is 0. The number of nitro groups is 1. The molecule has 5 nitrogen and oxygen atoms in total. The molecule has 0 aromatic heterocycles. The molecule has 0 bridgehead atoms. The van der Waals surface area contributed by atoms with Crippen LogP contribution in [-0.2, 0) is 6.18 Å². The molecule has 116 valence electrons. The number of hydrogen-bond acceptors (Lipinski definition) is 4. The molecule has 0 fully saturated rings. The molecule has 1 aromatic rings. The van der Waals surface area contributed by atoms with E-state index in [0.29, 0.717) is 24.3 Å². The number of nitro benzene ring substituents is 1. The SMILES string of the molecule is C=C(C)CN(CC)c1c(N)cc(C(F)(F)F)cc1[N+](=O)[O-]. The smallest absolute Gasteiger partial charge is 0.397 e. The van der Waals surface area contributed by atoms with E-state index in [-0.39, 0.29) is 17.9 Å². The standard InChI is InChI=1S/C13H16F3N3O2/c1-4-18(7-8(2)3)12-10(17)5-9(13(14,15)16)6-11(12)19(20)21/h5-6H,2,4,7,17H2,1,3H3. The summed E-state index contributed by atoms with van der Waals surface area (Å²) < 4.78 is 38.2. The summed E-state index contributed by atoms with van der Waals surface area (Å²) in [5, 5.41) is 11.1. The average Bonchev–Trinajstić information content (AvgIpc) is 2.33. The number of nitrogen functional groups attached to an aromatic ring is 1. The summed E-state index contributed by atoms with van der Waals surface area (Å²) in [5.41, 5.74) is 4.25. The minimum atomic E-state index is -4.69. The Morgan fingerprint density at radius 2 is 2.05 bits per heavy atom. The van der Waals surface area contributed by atoms with Gasteiger partial charge in [0.05, 0.1) is 16.2 Å². The molecule has 0 amide bonds. The molecule has 0 aliphatic rings. The van der Waals surface area contributed by atoms with Gasteiger partial charge in [0.15, 0.2) is 0 Å². The number of hydrogen-bond donors (Lipinski definition) is 1. The predicted molar refractivity (Wildman–Crippen MR) is 75.2 cm³/mol. The molecule has 0 radical (unpaired) electrons. The molecule has 0 heterocycles. The van der Waals surface area contributed by atoms with Crippen LogP contribution >= 0.6 is 0 Å². The summed E-state index contributed by atoms with van der Waals surface area (Å²) in [7, 11) is 0. The fourth-order valence-electron chi connectivity index (χ4n) is 1.96. The molecule has 0 atom stereocenters. The van der Waals surface area contributed by atoms with Crippen LogP contribution < -0.4 is 10.6 Å². The van der Waals surface area contributed by atoms with Gasteiger partial charge in [-0.1, -0.05) is 12.2 Å². The Hall–Kier alpha value is -2.25. The second-order valence-electron chi connectivity index (χ2n) is 4.66.